The summed E-state index contributed by atoms with van der Waals surface area (Å²) in [4.78, 5) is 16.1. The fourth-order valence-electron chi connectivity index (χ4n) is 1.88. The molecule has 0 spiro atoms. The predicted molar refractivity (Wildman–Crippen MR) is 79.8 cm³/mol. The minimum Gasteiger partial charge on any atom is -0.465 e. The maximum Gasteiger partial charge on any atom is 0.244 e. The van der Waals surface area contributed by atoms with E-state index in [1.165, 1.54) is 6.08 Å². The van der Waals surface area contributed by atoms with Gasteiger partial charge in [0.05, 0.1) is 18.5 Å². The molecule has 3 aromatic rings. The lowest BCUT2D eigenvalue weighted by Gasteiger charge is -1.97. The Morgan fingerprint density at radius 1 is 1.48 bits per heavy atom. The maximum atomic E-state index is 11.7. The van der Waals surface area contributed by atoms with Crippen LogP contribution in [0.1, 0.15) is 11.5 Å². The van der Waals surface area contributed by atoms with Crippen molar-refractivity contribution in [3.8, 4) is 0 Å². The summed E-state index contributed by atoms with van der Waals surface area (Å²) in [6.45, 7) is 0.348. The summed E-state index contributed by atoms with van der Waals surface area (Å²) in [6, 6.07) is 7.09. The average molecular weight is 302 g/mol. The van der Waals surface area contributed by atoms with Crippen molar-refractivity contribution in [2.45, 2.75) is 6.54 Å². The minimum absolute atomic E-state index is 0.207. The predicted octanol–water partition coefficient (Wildman–Crippen LogP) is 2.91. The number of fused-ring (bicyclic) bond motifs is 1. The van der Waals surface area contributed by atoms with E-state index in [9.17, 15) is 4.79 Å². The Morgan fingerprint density at radius 3 is 3.19 bits per heavy atom. The summed E-state index contributed by atoms with van der Waals surface area (Å²) in [5.41, 5.74) is 1.51. The Hall–Kier alpha value is -2.53. The Morgan fingerprint density at radius 2 is 2.38 bits per heavy atom. The van der Waals surface area contributed by atoms with E-state index in [-0.39, 0.29) is 5.91 Å². The topological polar surface area (TPSA) is 59.5 Å². The lowest BCUT2D eigenvalue weighted by molar-refractivity contribution is -0.116. The summed E-state index contributed by atoms with van der Waals surface area (Å²) in [5.74, 6) is 0.425. The van der Waals surface area contributed by atoms with Crippen LogP contribution in [0.5, 0.6) is 0 Å². The molecule has 0 aromatic carbocycles. The molecule has 0 radical (unpaired) electrons. The molecule has 6 heteroatoms. The van der Waals surface area contributed by atoms with Gasteiger partial charge in [-0.15, -0.1) is 0 Å². The van der Waals surface area contributed by atoms with Crippen molar-refractivity contribution in [3.05, 3.63) is 65.5 Å². The van der Waals surface area contributed by atoms with Gasteiger partial charge in [-0.2, -0.15) is 0 Å². The molecule has 0 atom stereocenters. The molecule has 21 heavy (non-hydrogen) atoms. The summed E-state index contributed by atoms with van der Waals surface area (Å²) in [5, 5.41) is 3.39. The van der Waals surface area contributed by atoms with E-state index in [4.69, 9.17) is 16.0 Å². The molecule has 5 nitrogen and oxygen atoms in total. The highest BCUT2D eigenvalue weighted by Gasteiger charge is 2.03. The molecule has 3 rings (SSSR count). The summed E-state index contributed by atoms with van der Waals surface area (Å²) < 4.78 is 6.96. The molecule has 0 aliphatic carbocycles. The van der Waals surface area contributed by atoms with Crippen molar-refractivity contribution in [2.75, 3.05) is 0 Å². The van der Waals surface area contributed by atoms with E-state index >= 15 is 0 Å². The molecule has 0 aliphatic heterocycles. The Labute approximate surface area is 125 Å². The number of nitrogens with one attached hydrogen (secondary N) is 1. The first-order valence-corrected chi connectivity index (χ1v) is 6.71. The van der Waals surface area contributed by atoms with Gasteiger partial charge in [0, 0.05) is 23.5 Å². The van der Waals surface area contributed by atoms with Crippen molar-refractivity contribution in [1.82, 2.24) is 14.7 Å². The first-order valence-electron chi connectivity index (χ1n) is 6.33. The number of hydrogen-bond acceptors (Lipinski definition) is 3. The zero-order valence-electron chi connectivity index (χ0n) is 11.0. The molecule has 0 bridgehead atoms. The van der Waals surface area contributed by atoms with Crippen LogP contribution in [0, 0.1) is 0 Å². The lowest BCUT2D eigenvalue weighted by atomic mass is 10.4. The number of pyridine rings is 1. The average Bonchev–Trinajstić information content (AvgIpc) is 3.11. The molecule has 0 unspecified atom stereocenters. The van der Waals surface area contributed by atoms with Gasteiger partial charge >= 0.3 is 0 Å². The second-order valence-corrected chi connectivity index (χ2v) is 4.85. The molecular formula is C15H12ClN3O2. The monoisotopic (exact) mass is 301 g/mol. The third kappa shape index (κ3) is 3.32. The second-order valence-electron chi connectivity index (χ2n) is 4.41. The lowest BCUT2D eigenvalue weighted by Crippen LogP contribution is -2.20. The van der Waals surface area contributed by atoms with Gasteiger partial charge in [-0.1, -0.05) is 11.6 Å². The van der Waals surface area contributed by atoms with Crippen LogP contribution in [0.25, 0.3) is 11.7 Å². The molecular weight excluding hydrogens is 290 g/mol. The summed E-state index contributed by atoms with van der Waals surface area (Å²) in [6.07, 6.45) is 8.26. The molecule has 0 saturated carbocycles. The van der Waals surface area contributed by atoms with E-state index in [1.54, 1.807) is 36.6 Å². The molecule has 1 N–H and O–H groups in total. The molecule has 106 valence electrons. The smallest absolute Gasteiger partial charge is 0.244 e. The van der Waals surface area contributed by atoms with Crippen LogP contribution in [0.4, 0.5) is 0 Å². The summed E-state index contributed by atoms with van der Waals surface area (Å²) in [7, 11) is 0. The van der Waals surface area contributed by atoms with Gasteiger partial charge in [0.15, 0.2) is 0 Å². The van der Waals surface area contributed by atoms with Crippen LogP contribution in [0.15, 0.2) is 53.4 Å². The number of nitrogens with zero attached hydrogens (tertiary/aromatic N) is 2. The molecule has 0 fully saturated rings. The highest BCUT2D eigenvalue weighted by atomic mass is 35.5. The van der Waals surface area contributed by atoms with E-state index in [0.29, 0.717) is 17.3 Å². The molecule has 1 amide bonds. The largest absolute Gasteiger partial charge is 0.465 e. The number of carbonyl (C=O) groups is 1. The number of aromatic nitrogens is 2. The molecule has 3 heterocycles. The van der Waals surface area contributed by atoms with Crippen LogP contribution in [0.3, 0.4) is 0 Å². The standard InChI is InChI=1S/C15H12ClN3O2/c16-11-5-6-19-10-12(18-14(19)8-11)9-17-15(20)4-3-13-2-1-7-21-13/h1-8,10H,9H2,(H,17,20)/b4-3+. The third-order valence-corrected chi connectivity index (χ3v) is 3.09. The van der Waals surface area contributed by atoms with E-state index in [0.717, 1.165) is 11.3 Å². The Bertz CT molecular complexity index is 790. The fourth-order valence-corrected chi connectivity index (χ4v) is 2.03. The Kier molecular flexibility index (Phi) is 3.75. The highest BCUT2D eigenvalue weighted by molar-refractivity contribution is 6.30. The molecule has 0 aliphatic rings. The van der Waals surface area contributed by atoms with Gasteiger partial charge in [-0.25, -0.2) is 4.98 Å². The van der Waals surface area contributed by atoms with Crippen molar-refractivity contribution in [1.29, 1.82) is 0 Å². The fraction of sp³-hybridized carbons (Fsp3) is 0.0667. The van der Waals surface area contributed by atoms with E-state index in [1.807, 2.05) is 16.8 Å². The summed E-state index contributed by atoms with van der Waals surface area (Å²) >= 11 is 5.90. The third-order valence-electron chi connectivity index (χ3n) is 2.86. The van der Waals surface area contributed by atoms with Gasteiger partial charge in [-0.05, 0) is 30.3 Å². The first kappa shape index (κ1) is 13.5. The van der Waals surface area contributed by atoms with E-state index in [2.05, 4.69) is 10.3 Å². The zero-order valence-corrected chi connectivity index (χ0v) is 11.7. The SMILES string of the molecule is O=C(/C=C/c1ccco1)NCc1cn2ccc(Cl)cc2n1. The zero-order chi connectivity index (χ0) is 14.7. The van der Waals surface area contributed by atoms with Crippen LogP contribution in [0.2, 0.25) is 5.02 Å². The van der Waals surface area contributed by atoms with Gasteiger partial charge in [0.2, 0.25) is 5.91 Å². The number of carbonyl (C=O) groups excluding carboxylic acids is 1. The van der Waals surface area contributed by atoms with Crippen molar-refractivity contribution < 1.29 is 9.21 Å². The van der Waals surface area contributed by atoms with Crippen LogP contribution >= 0.6 is 11.6 Å². The number of furan rings is 1. The molecule has 3 aromatic heterocycles. The van der Waals surface area contributed by atoms with Crippen molar-refractivity contribution in [2.24, 2.45) is 0 Å². The normalized spacial score (nSPS) is 11.3. The second kappa shape index (κ2) is 5.85. The number of rotatable bonds is 4. The maximum absolute atomic E-state index is 11.7. The number of hydrogen-bond donors (Lipinski definition) is 1. The van der Waals surface area contributed by atoms with Crippen LogP contribution < -0.4 is 5.32 Å². The number of amides is 1. The Balaban J connectivity index is 1.62. The van der Waals surface area contributed by atoms with Gasteiger partial charge in [0.1, 0.15) is 11.4 Å². The minimum atomic E-state index is -0.207. The quantitative estimate of drug-likeness (QED) is 0.754. The van der Waals surface area contributed by atoms with Gasteiger partial charge < -0.3 is 14.1 Å². The van der Waals surface area contributed by atoms with Crippen molar-refractivity contribution in [3.63, 3.8) is 0 Å². The number of imidazole rings is 1. The van der Waals surface area contributed by atoms with E-state index < -0.39 is 0 Å². The van der Waals surface area contributed by atoms with Gasteiger partial charge in [0.25, 0.3) is 0 Å². The first-order chi connectivity index (χ1) is 10.2. The highest BCUT2D eigenvalue weighted by Crippen LogP contribution is 2.12. The number of halogens is 1. The van der Waals surface area contributed by atoms with Crippen molar-refractivity contribution >= 4 is 29.2 Å². The van der Waals surface area contributed by atoms with Gasteiger partial charge in [-0.3, -0.25) is 4.79 Å². The van der Waals surface area contributed by atoms with Crippen LogP contribution in [-0.4, -0.2) is 15.3 Å². The molecule has 0 saturated heterocycles. The van der Waals surface area contributed by atoms with Crippen LogP contribution in [-0.2, 0) is 11.3 Å².